The Bertz CT molecular complexity index is 664. The fraction of sp³-hybridized carbons (Fsp3) is 0.353. The van der Waals surface area contributed by atoms with Gasteiger partial charge in [0.15, 0.2) is 0 Å². The van der Waals surface area contributed by atoms with E-state index in [1.807, 2.05) is 12.1 Å². The molecule has 126 valence electrons. The molecular weight excluding hydrogens is 308 g/mol. The SMILES string of the molecule is O=C(Nc1ccccn1)C1CCN(C(=O)NCc2ccco2)CC1. The van der Waals surface area contributed by atoms with E-state index in [1.54, 1.807) is 35.6 Å². The summed E-state index contributed by atoms with van der Waals surface area (Å²) in [5.74, 6) is 1.14. The maximum absolute atomic E-state index is 12.2. The lowest BCUT2D eigenvalue weighted by molar-refractivity contribution is -0.121. The molecule has 0 atom stereocenters. The summed E-state index contributed by atoms with van der Waals surface area (Å²) in [6.45, 7) is 1.49. The van der Waals surface area contributed by atoms with Gasteiger partial charge >= 0.3 is 6.03 Å². The van der Waals surface area contributed by atoms with Crippen LogP contribution in [-0.4, -0.2) is 34.9 Å². The molecule has 24 heavy (non-hydrogen) atoms. The first-order chi connectivity index (χ1) is 11.7. The van der Waals surface area contributed by atoms with Crippen LogP contribution >= 0.6 is 0 Å². The Hall–Kier alpha value is -2.83. The number of rotatable bonds is 4. The van der Waals surface area contributed by atoms with Crippen molar-refractivity contribution >= 4 is 17.8 Å². The van der Waals surface area contributed by atoms with Crippen LogP contribution in [0.3, 0.4) is 0 Å². The van der Waals surface area contributed by atoms with Gasteiger partial charge in [-0.05, 0) is 37.1 Å². The average molecular weight is 328 g/mol. The van der Waals surface area contributed by atoms with Crippen molar-refractivity contribution in [1.29, 1.82) is 0 Å². The number of hydrogen-bond donors (Lipinski definition) is 2. The smallest absolute Gasteiger partial charge is 0.317 e. The summed E-state index contributed by atoms with van der Waals surface area (Å²) in [6.07, 6.45) is 4.51. The van der Waals surface area contributed by atoms with Gasteiger partial charge < -0.3 is 20.0 Å². The molecule has 3 heterocycles. The molecule has 0 radical (unpaired) electrons. The van der Waals surface area contributed by atoms with Gasteiger partial charge in [-0.25, -0.2) is 9.78 Å². The zero-order valence-electron chi connectivity index (χ0n) is 13.3. The Kier molecular flexibility index (Phi) is 5.10. The van der Waals surface area contributed by atoms with Crippen LogP contribution in [-0.2, 0) is 11.3 Å². The van der Waals surface area contributed by atoms with Gasteiger partial charge in [0.05, 0.1) is 12.8 Å². The predicted molar refractivity (Wildman–Crippen MR) is 88.1 cm³/mol. The van der Waals surface area contributed by atoms with Crippen LogP contribution in [0.5, 0.6) is 0 Å². The van der Waals surface area contributed by atoms with Gasteiger partial charge in [0.1, 0.15) is 11.6 Å². The Morgan fingerprint density at radius 1 is 1.21 bits per heavy atom. The molecule has 3 amide bonds. The molecule has 1 aliphatic rings. The van der Waals surface area contributed by atoms with E-state index >= 15 is 0 Å². The first kappa shape index (κ1) is 16.0. The number of piperidine rings is 1. The van der Waals surface area contributed by atoms with Crippen molar-refractivity contribution in [2.45, 2.75) is 19.4 Å². The lowest BCUT2D eigenvalue weighted by Gasteiger charge is -2.31. The maximum Gasteiger partial charge on any atom is 0.317 e. The monoisotopic (exact) mass is 328 g/mol. The number of furan rings is 1. The second kappa shape index (κ2) is 7.63. The van der Waals surface area contributed by atoms with E-state index in [4.69, 9.17) is 4.42 Å². The van der Waals surface area contributed by atoms with Gasteiger partial charge in [0.25, 0.3) is 0 Å². The average Bonchev–Trinajstić information content (AvgIpc) is 3.14. The number of nitrogens with one attached hydrogen (secondary N) is 2. The molecule has 3 rings (SSSR count). The molecule has 2 aromatic heterocycles. The molecular formula is C17H20N4O3. The van der Waals surface area contributed by atoms with Crippen LogP contribution < -0.4 is 10.6 Å². The summed E-state index contributed by atoms with van der Waals surface area (Å²) in [5, 5.41) is 5.64. The van der Waals surface area contributed by atoms with E-state index < -0.39 is 0 Å². The highest BCUT2D eigenvalue weighted by atomic mass is 16.3. The molecule has 0 saturated carbocycles. The van der Waals surface area contributed by atoms with E-state index in [1.165, 1.54) is 0 Å². The van der Waals surface area contributed by atoms with Crippen LogP contribution in [0.1, 0.15) is 18.6 Å². The molecule has 2 aromatic rings. The van der Waals surface area contributed by atoms with E-state index in [2.05, 4.69) is 15.6 Å². The molecule has 2 N–H and O–H groups in total. The molecule has 1 fully saturated rings. The predicted octanol–water partition coefficient (Wildman–Crippen LogP) is 2.23. The van der Waals surface area contributed by atoms with Crippen LogP contribution in [0.2, 0.25) is 0 Å². The fourth-order valence-electron chi connectivity index (χ4n) is 2.70. The fourth-order valence-corrected chi connectivity index (χ4v) is 2.70. The van der Waals surface area contributed by atoms with Gasteiger partial charge in [-0.1, -0.05) is 6.07 Å². The minimum Gasteiger partial charge on any atom is -0.467 e. The van der Waals surface area contributed by atoms with Crippen molar-refractivity contribution < 1.29 is 14.0 Å². The minimum atomic E-state index is -0.130. The lowest BCUT2D eigenvalue weighted by atomic mass is 9.96. The summed E-state index contributed by atoms with van der Waals surface area (Å²) >= 11 is 0. The minimum absolute atomic E-state index is 0.0376. The van der Waals surface area contributed by atoms with Gasteiger partial charge in [-0.2, -0.15) is 0 Å². The normalized spacial score (nSPS) is 15.1. The molecule has 0 spiro atoms. The highest BCUT2D eigenvalue weighted by molar-refractivity contribution is 5.91. The summed E-state index contributed by atoms with van der Waals surface area (Å²) in [4.78, 5) is 30.2. The molecule has 0 aromatic carbocycles. The molecule has 1 aliphatic heterocycles. The Morgan fingerprint density at radius 3 is 2.71 bits per heavy atom. The zero-order valence-corrected chi connectivity index (χ0v) is 13.3. The van der Waals surface area contributed by atoms with Crippen LogP contribution in [0.15, 0.2) is 47.2 Å². The van der Waals surface area contributed by atoms with Crippen LogP contribution in [0, 0.1) is 5.92 Å². The summed E-state index contributed by atoms with van der Waals surface area (Å²) < 4.78 is 5.18. The van der Waals surface area contributed by atoms with Gasteiger partial charge in [0, 0.05) is 25.2 Å². The number of pyridine rings is 1. The number of urea groups is 1. The number of amides is 3. The van der Waals surface area contributed by atoms with Crippen molar-refractivity contribution in [3.63, 3.8) is 0 Å². The number of carbonyl (C=O) groups excluding carboxylic acids is 2. The number of hydrogen-bond acceptors (Lipinski definition) is 4. The number of likely N-dealkylation sites (tertiary alicyclic amines) is 1. The van der Waals surface area contributed by atoms with E-state index in [9.17, 15) is 9.59 Å². The van der Waals surface area contributed by atoms with Crippen LogP contribution in [0.25, 0.3) is 0 Å². The third-order valence-electron chi connectivity index (χ3n) is 4.06. The van der Waals surface area contributed by atoms with Crippen molar-refractivity contribution in [1.82, 2.24) is 15.2 Å². The Morgan fingerprint density at radius 2 is 2.04 bits per heavy atom. The largest absolute Gasteiger partial charge is 0.467 e. The molecule has 0 aliphatic carbocycles. The van der Waals surface area contributed by atoms with Crippen molar-refractivity contribution in [2.75, 3.05) is 18.4 Å². The number of anilines is 1. The number of nitrogens with zero attached hydrogens (tertiary/aromatic N) is 2. The van der Waals surface area contributed by atoms with E-state index in [0.29, 0.717) is 44.1 Å². The quantitative estimate of drug-likeness (QED) is 0.901. The first-order valence-corrected chi connectivity index (χ1v) is 7.99. The van der Waals surface area contributed by atoms with Gasteiger partial charge in [0.2, 0.25) is 5.91 Å². The Balaban J connectivity index is 1.43. The zero-order chi connectivity index (χ0) is 16.8. The molecule has 7 heteroatoms. The third-order valence-corrected chi connectivity index (χ3v) is 4.06. The van der Waals surface area contributed by atoms with E-state index in [-0.39, 0.29) is 17.9 Å². The first-order valence-electron chi connectivity index (χ1n) is 7.99. The highest BCUT2D eigenvalue weighted by Crippen LogP contribution is 2.19. The van der Waals surface area contributed by atoms with Gasteiger partial charge in [-0.3, -0.25) is 4.79 Å². The number of aromatic nitrogens is 1. The second-order valence-corrected chi connectivity index (χ2v) is 5.70. The lowest BCUT2D eigenvalue weighted by Crippen LogP contribution is -2.45. The van der Waals surface area contributed by atoms with Crippen molar-refractivity contribution in [3.05, 3.63) is 48.6 Å². The second-order valence-electron chi connectivity index (χ2n) is 5.70. The van der Waals surface area contributed by atoms with Crippen molar-refractivity contribution in [2.24, 2.45) is 5.92 Å². The summed E-state index contributed by atoms with van der Waals surface area (Å²) in [6, 6.07) is 8.86. The van der Waals surface area contributed by atoms with E-state index in [0.717, 1.165) is 0 Å². The van der Waals surface area contributed by atoms with Crippen LogP contribution in [0.4, 0.5) is 10.6 Å². The van der Waals surface area contributed by atoms with Crippen molar-refractivity contribution in [3.8, 4) is 0 Å². The molecule has 7 nitrogen and oxygen atoms in total. The standard InChI is InChI=1S/C17H20N4O3/c22-16(20-15-5-1-2-8-18-15)13-6-9-21(10-7-13)17(23)19-12-14-4-3-11-24-14/h1-5,8,11,13H,6-7,9-10,12H2,(H,19,23)(H,18,20,22). The summed E-state index contributed by atoms with van der Waals surface area (Å²) in [7, 11) is 0. The third kappa shape index (κ3) is 4.13. The molecule has 0 unspecified atom stereocenters. The van der Waals surface area contributed by atoms with Gasteiger partial charge in [-0.15, -0.1) is 0 Å². The number of carbonyl (C=O) groups is 2. The summed E-state index contributed by atoms with van der Waals surface area (Å²) in [5.41, 5.74) is 0. The topological polar surface area (TPSA) is 87.5 Å². The Labute approximate surface area is 140 Å². The highest BCUT2D eigenvalue weighted by Gasteiger charge is 2.27. The maximum atomic E-state index is 12.2. The molecule has 1 saturated heterocycles. The molecule has 0 bridgehead atoms.